The second kappa shape index (κ2) is 5.68. The normalized spacial score (nSPS) is 50.5. The van der Waals surface area contributed by atoms with E-state index in [-0.39, 0.29) is 29.8 Å². The number of ether oxygens (including phenoxy) is 1. The predicted octanol–water partition coefficient (Wildman–Crippen LogP) is 2.35. The van der Waals surface area contributed by atoms with Crippen molar-refractivity contribution in [3.63, 3.8) is 0 Å². The van der Waals surface area contributed by atoms with Gasteiger partial charge in [0.1, 0.15) is 11.7 Å². The van der Waals surface area contributed by atoms with Crippen molar-refractivity contribution in [1.82, 2.24) is 0 Å². The Morgan fingerprint density at radius 3 is 2.52 bits per heavy atom. The predicted molar refractivity (Wildman–Crippen MR) is 101 cm³/mol. The summed E-state index contributed by atoms with van der Waals surface area (Å²) < 4.78 is 5.81. The van der Waals surface area contributed by atoms with Crippen molar-refractivity contribution in [1.29, 1.82) is 0 Å². The molecule has 3 fully saturated rings. The molecule has 0 amide bonds. The fraction of sp³-hybridized carbons (Fsp3) is 0.773. The third kappa shape index (κ3) is 2.19. The van der Waals surface area contributed by atoms with Gasteiger partial charge in [-0.3, -0.25) is 4.79 Å². The summed E-state index contributed by atoms with van der Waals surface area (Å²) in [5.74, 6) is -0.500. The van der Waals surface area contributed by atoms with Crippen LogP contribution in [0.5, 0.6) is 0 Å². The highest BCUT2D eigenvalue weighted by molar-refractivity contribution is 5.66. The Morgan fingerprint density at radius 2 is 1.89 bits per heavy atom. The molecule has 0 saturated heterocycles. The number of esters is 1. The summed E-state index contributed by atoms with van der Waals surface area (Å²) in [6.07, 6.45) is 2.64. The van der Waals surface area contributed by atoms with Gasteiger partial charge in [-0.25, -0.2) is 0 Å². The molecule has 0 radical (unpaired) electrons. The Kier molecular flexibility index (Phi) is 4.03. The number of aliphatic hydroxyl groups is 3. The van der Waals surface area contributed by atoms with Crippen LogP contribution in [0.15, 0.2) is 23.8 Å². The van der Waals surface area contributed by atoms with Gasteiger partial charge < -0.3 is 20.1 Å². The zero-order chi connectivity index (χ0) is 19.9. The summed E-state index contributed by atoms with van der Waals surface area (Å²) in [5, 5.41) is 33.7. The minimum absolute atomic E-state index is 0.0188. The summed E-state index contributed by atoms with van der Waals surface area (Å²) in [6.45, 7) is 11.5. The molecule has 4 aliphatic rings. The lowest BCUT2D eigenvalue weighted by atomic mass is 9.60. The topological polar surface area (TPSA) is 87.0 Å². The van der Waals surface area contributed by atoms with E-state index in [0.717, 1.165) is 18.4 Å². The maximum Gasteiger partial charge on any atom is 0.302 e. The molecule has 5 nitrogen and oxygen atoms in total. The van der Waals surface area contributed by atoms with E-state index in [4.69, 9.17) is 4.74 Å². The Balaban J connectivity index is 1.85. The molecule has 3 N–H and O–H groups in total. The molecule has 0 aromatic rings. The first-order valence-electron chi connectivity index (χ1n) is 10.1. The number of carbonyl (C=O) groups is 1. The number of aliphatic hydroxyl groups excluding tert-OH is 2. The number of carbonyl (C=O) groups excluding carboxylic acids is 1. The molecule has 3 saturated carbocycles. The maximum absolute atomic E-state index is 11.9. The van der Waals surface area contributed by atoms with Gasteiger partial charge in [0.05, 0.1) is 12.2 Å². The Bertz CT molecular complexity index is 724. The van der Waals surface area contributed by atoms with Crippen LogP contribution in [0.25, 0.3) is 0 Å². The molecular weight excluding hydrogens is 344 g/mol. The molecule has 2 bridgehead atoms. The molecule has 0 aliphatic heterocycles. The lowest BCUT2D eigenvalue weighted by Gasteiger charge is -2.47. The average molecular weight is 376 g/mol. The van der Waals surface area contributed by atoms with Crippen LogP contribution >= 0.6 is 0 Å². The zero-order valence-corrected chi connectivity index (χ0v) is 16.7. The van der Waals surface area contributed by atoms with E-state index in [1.165, 1.54) is 12.5 Å². The van der Waals surface area contributed by atoms with Gasteiger partial charge in [0.25, 0.3) is 0 Å². The number of fused-ring (bicyclic) bond motifs is 2. The molecule has 27 heavy (non-hydrogen) atoms. The first-order valence-corrected chi connectivity index (χ1v) is 10.1. The Labute approximate surface area is 161 Å². The van der Waals surface area contributed by atoms with Gasteiger partial charge in [-0.15, -0.1) is 0 Å². The standard InChI is InChI=1S/C22H32O5/c1-11-9-21-10-18(25)22(26)16(8-17(24)20(22,4)5)12(2)15(21)7-6-14(11)19(21)27-13(3)23/h9,14-19,24-26H,2,6-8,10H2,1,3-5H3/t14-,15-,16-,17-,18+,19+,21+,22-/m1/s1. The van der Waals surface area contributed by atoms with Crippen LogP contribution in [0.1, 0.15) is 53.4 Å². The smallest absolute Gasteiger partial charge is 0.302 e. The molecule has 0 aromatic heterocycles. The summed E-state index contributed by atoms with van der Waals surface area (Å²) in [5.41, 5.74) is -0.744. The second-order valence-electron chi connectivity index (χ2n) is 9.91. The van der Waals surface area contributed by atoms with Gasteiger partial charge >= 0.3 is 5.97 Å². The molecule has 0 heterocycles. The van der Waals surface area contributed by atoms with Gasteiger partial charge in [-0.1, -0.05) is 37.6 Å². The monoisotopic (exact) mass is 376 g/mol. The maximum atomic E-state index is 11.9. The van der Waals surface area contributed by atoms with Crippen LogP contribution < -0.4 is 0 Å². The minimum atomic E-state index is -1.45. The molecule has 8 atom stereocenters. The zero-order valence-electron chi connectivity index (χ0n) is 16.7. The first kappa shape index (κ1) is 19.2. The highest BCUT2D eigenvalue weighted by Gasteiger charge is 2.70. The highest BCUT2D eigenvalue weighted by atomic mass is 16.5. The quantitative estimate of drug-likeness (QED) is 0.483. The SMILES string of the molecule is C=C1[C@H]2CC[C@@H]3C(C)=C[C@@]2(C[C@H](O)[C@]2(O)[C@@H]1C[C@@H](O)C2(C)C)[C@H]3OC(C)=O. The van der Waals surface area contributed by atoms with Crippen molar-refractivity contribution >= 4 is 5.97 Å². The Hall–Kier alpha value is -1.17. The average Bonchev–Trinajstić information content (AvgIpc) is 2.81. The molecule has 4 aliphatic carbocycles. The summed E-state index contributed by atoms with van der Waals surface area (Å²) in [6, 6.07) is 0. The van der Waals surface area contributed by atoms with E-state index in [9.17, 15) is 20.1 Å². The van der Waals surface area contributed by atoms with E-state index in [1.807, 2.05) is 13.8 Å². The first-order chi connectivity index (χ1) is 12.5. The minimum Gasteiger partial charge on any atom is -0.461 e. The molecule has 150 valence electrons. The van der Waals surface area contributed by atoms with Crippen molar-refractivity contribution < 1.29 is 24.9 Å². The van der Waals surface area contributed by atoms with E-state index in [1.54, 1.807) is 0 Å². The van der Waals surface area contributed by atoms with Crippen LogP contribution in [0.3, 0.4) is 0 Å². The van der Waals surface area contributed by atoms with Crippen LogP contribution in [0.2, 0.25) is 0 Å². The van der Waals surface area contributed by atoms with E-state index < -0.39 is 28.6 Å². The summed E-state index contributed by atoms with van der Waals surface area (Å²) in [4.78, 5) is 11.9. The third-order valence-electron chi connectivity index (χ3n) is 8.49. The fourth-order valence-corrected chi connectivity index (χ4v) is 6.98. The van der Waals surface area contributed by atoms with Crippen LogP contribution in [0, 0.1) is 28.6 Å². The highest BCUT2D eigenvalue weighted by Crippen LogP contribution is 2.66. The van der Waals surface area contributed by atoms with E-state index in [2.05, 4.69) is 19.6 Å². The second-order valence-corrected chi connectivity index (χ2v) is 9.91. The number of hydrogen-bond acceptors (Lipinski definition) is 5. The molecule has 1 spiro atoms. The van der Waals surface area contributed by atoms with Gasteiger partial charge in [0.2, 0.25) is 0 Å². The molecule has 4 rings (SSSR count). The van der Waals surface area contributed by atoms with Crippen molar-refractivity contribution in [2.24, 2.45) is 28.6 Å². The van der Waals surface area contributed by atoms with E-state index >= 15 is 0 Å². The Morgan fingerprint density at radius 1 is 1.22 bits per heavy atom. The van der Waals surface area contributed by atoms with E-state index in [0.29, 0.717) is 12.8 Å². The van der Waals surface area contributed by atoms with Crippen molar-refractivity contribution in [2.45, 2.75) is 77.3 Å². The largest absolute Gasteiger partial charge is 0.461 e. The van der Waals surface area contributed by atoms with Crippen LogP contribution in [-0.2, 0) is 9.53 Å². The lowest BCUT2D eigenvalue weighted by molar-refractivity contribution is -0.178. The number of rotatable bonds is 1. The third-order valence-corrected chi connectivity index (χ3v) is 8.49. The van der Waals surface area contributed by atoms with Gasteiger partial charge in [0, 0.05) is 29.6 Å². The van der Waals surface area contributed by atoms with Crippen LogP contribution in [0.4, 0.5) is 0 Å². The molecule has 5 heteroatoms. The van der Waals surface area contributed by atoms with Crippen molar-refractivity contribution in [3.05, 3.63) is 23.8 Å². The summed E-state index contributed by atoms with van der Waals surface area (Å²) in [7, 11) is 0. The summed E-state index contributed by atoms with van der Waals surface area (Å²) >= 11 is 0. The van der Waals surface area contributed by atoms with Gasteiger partial charge in [-0.05, 0) is 38.5 Å². The lowest BCUT2D eigenvalue weighted by Crippen LogP contribution is -2.57. The fourth-order valence-electron chi connectivity index (χ4n) is 6.98. The molecule has 0 aromatic carbocycles. The van der Waals surface area contributed by atoms with Gasteiger partial charge in [-0.2, -0.15) is 0 Å². The van der Waals surface area contributed by atoms with Crippen LogP contribution in [-0.4, -0.2) is 45.2 Å². The molecule has 0 unspecified atom stereocenters. The van der Waals surface area contributed by atoms with Crippen molar-refractivity contribution in [2.75, 3.05) is 0 Å². The number of hydrogen-bond donors (Lipinski definition) is 3. The van der Waals surface area contributed by atoms with Gasteiger partial charge in [0.15, 0.2) is 0 Å². The van der Waals surface area contributed by atoms with Crippen molar-refractivity contribution in [3.8, 4) is 0 Å². The molecular formula is C22H32O5.